The molecule has 5 heteroatoms. The third-order valence-corrected chi connectivity index (χ3v) is 2.11. The molecule has 0 aliphatic heterocycles. The van der Waals surface area contributed by atoms with Crippen molar-refractivity contribution in [2.75, 3.05) is 19.8 Å². The van der Waals surface area contributed by atoms with E-state index < -0.39 is 0 Å². The van der Waals surface area contributed by atoms with Crippen LogP contribution in [0.3, 0.4) is 0 Å². The molecule has 0 bridgehead atoms. The van der Waals surface area contributed by atoms with E-state index in [4.69, 9.17) is 15.5 Å². The van der Waals surface area contributed by atoms with Crippen molar-refractivity contribution >= 4 is 0 Å². The topological polar surface area (TPSA) is 53.7 Å². The summed E-state index contributed by atoms with van der Waals surface area (Å²) in [7, 11) is 0. The molecule has 16 heavy (non-hydrogen) atoms. The average Bonchev–Trinajstić information content (AvgIpc) is 2.30. The molecule has 0 aliphatic rings. The average molecular weight is 271 g/mol. The van der Waals surface area contributed by atoms with E-state index in [1.54, 1.807) is 0 Å². The summed E-state index contributed by atoms with van der Waals surface area (Å²) < 4.78 is 0. The van der Waals surface area contributed by atoms with Crippen molar-refractivity contribution in [1.82, 2.24) is 0 Å². The minimum absolute atomic E-state index is 0.614. The van der Waals surface area contributed by atoms with Crippen LogP contribution in [0.5, 0.6) is 0 Å². The first-order valence-electron chi connectivity index (χ1n) is 6.05. The van der Waals surface area contributed by atoms with E-state index in [1.807, 2.05) is 0 Å². The monoisotopic (exact) mass is 271 g/mol. The van der Waals surface area contributed by atoms with Crippen molar-refractivity contribution in [3.8, 4) is 0 Å². The standard InChI is InChI=1S/C8H18O3.C3H8N.V/c1-3-5-7-9-11-10-8-6-4-2;1-2-3-4;/h3-8H2,1-2H3;1-4H2;. The second-order valence-electron chi connectivity index (χ2n) is 3.28. The Morgan fingerprint density at radius 1 is 0.938 bits per heavy atom. The normalized spacial score (nSPS) is 9.69. The molecule has 0 aliphatic carbocycles. The van der Waals surface area contributed by atoms with Crippen LogP contribution in [0.2, 0.25) is 5.13 Å². The molecule has 0 aromatic rings. The third kappa shape index (κ3) is 23.9. The van der Waals surface area contributed by atoms with E-state index in [0.29, 0.717) is 13.2 Å². The van der Waals surface area contributed by atoms with Gasteiger partial charge < -0.3 is 0 Å². The van der Waals surface area contributed by atoms with Crippen molar-refractivity contribution in [2.45, 2.75) is 51.1 Å². The van der Waals surface area contributed by atoms with Crippen molar-refractivity contribution in [2.24, 2.45) is 5.73 Å². The van der Waals surface area contributed by atoms with Crippen LogP contribution in [0.1, 0.15) is 46.0 Å². The van der Waals surface area contributed by atoms with E-state index in [2.05, 4.69) is 36.3 Å². The van der Waals surface area contributed by atoms with Gasteiger partial charge in [-0.15, -0.1) is 0 Å². The van der Waals surface area contributed by atoms with Gasteiger partial charge in [-0.05, 0) is 12.8 Å². The third-order valence-electron chi connectivity index (χ3n) is 1.62. The van der Waals surface area contributed by atoms with E-state index in [9.17, 15) is 0 Å². The maximum absolute atomic E-state index is 5.13. The predicted octanol–water partition coefficient (Wildman–Crippen LogP) is 2.77. The van der Waals surface area contributed by atoms with Gasteiger partial charge in [0.1, 0.15) is 0 Å². The number of rotatable bonds is 10. The summed E-state index contributed by atoms with van der Waals surface area (Å²) >= 11 is 2.50. The quantitative estimate of drug-likeness (QED) is 0.377. The Labute approximate surface area is 109 Å². The van der Waals surface area contributed by atoms with Crippen LogP contribution in [0.15, 0.2) is 0 Å². The molecule has 0 saturated carbocycles. The van der Waals surface area contributed by atoms with Crippen molar-refractivity contribution in [3.63, 3.8) is 0 Å². The molecule has 0 unspecified atom stereocenters. The van der Waals surface area contributed by atoms with Gasteiger partial charge >= 0.3 is 41.3 Å². The Kier molecular flexibility index (Phi) is 24.4. The number of nitrogens with two attached hydrogens (primary N) is 1. The van der Waals surface area contributed by atoms with Gasteiger partial charge in [0.05, 0.1) is 13.2 Å². The Bertz CT molecular complexity index is 97.2. The summed E-state index contributed by atoms with van der Waals surface area (Å²) in [6.45, 7) is 6.25. The molecule has 0 saturated heterocycles. The molecule has 0 atom stereocenters. The second-order valence-corrected chi connectivity index (χ2v) is 3.98. The molecule has 0 heterocycles. The van der Waals surface area contributed by atoms with Gasteiger partial charge in [-0.25, -0.2) is 9.78 Å². The molecule has 0 aromatic heterocycles. The van der Waals surface area contributed by atoms with Gasteiger partial charge in [0.15, 0.2) is 0 Å². The van der Waals surface area contributed by atoms with Crippen LogP contribution < -0.4 is 5.73 Å². The van der Waals surface area contributed by atoms with E-state index in [-0.39, 0.29) is 0 Å². The fourth-order valence-electron chi connectivity index (χ4n) is 0.600. The second kappa shape index (κ2) is 20.8. The van der Waals surface area contributed by atoms with Gasteiger partial charge in [-0.2, -0.15) is 0 Å². The molecule has 0 radical (unpaired) electrons. The van der Waals surface area contributed by atoms with Crippen LogP contribution in [0, 0.1) is 0 Å². The van der Waals surface area contributed by atoms with E-state index >= 15 is 0 Å². The van der Waals surface area contributed by atoms with Crippen LogP contribution in [0.4, 0.5) is 0 Å². The van der Waals surface area contributed by atoms with Crippen LogP contribution in [-0.4, -0.2) is 19.8 Å². The minimum atomic E-state index is 0.614. The predicted molar refractivity (Wildman–Crippen MR) is 61.3 cm³/mol. The summed E-state index contributed by atoms with van der Waals surface area (Å²) in [5.74, 6) is 0. The van der Waals surface area contributed by atoms with Crippen molar-refractivity contribution in [3.05, 3.63) is 0 Å². The number of hydrogen-bond donors (Lipinski definition) is 1. The molecule has 4 nitrogen and oxygen atoms in total. The zero-order valence-electron chi connectivity index (χ0n) is 10.6. The van der Waals surface area contributed by atoms with Gasteiger partial charge in [0, 0.05) is 0 Å². The molecule has 0 fully saturated rings. The van der Waals surface area contributed by atoms with Gasteiger partial charge in [0.2, 0.25) is 0 Å². The summed E-state index contributed by atoms with van der Waals surface area (Å²) in [6.07, 6.45) is 5.38. The fraction of sp³-hybridized carbons (Fsp3) is 1.00. The first kappa shape index (κ1) is 18.8. The zero-order valence-corrected chi connectivity index (χ0v) is 12.0. The molecule has 0 aromatic carbocycles. The maximum atomic E-state index is 5.13. The molecule has 0 amide bonds. The van der Waals surface area contributed by atoms with Crippen molar-refractivity contribution in [1.29, 1.82) is 0 Å². The molecule has 2 N–H and O–H groups in total. The van der Waals surface area contributed by atoms with E-state index in [0.717, 1.165) is 43.8 Å². The van der Waals surface area contributed by atoms with Gasteiger partial charge in [-0.1, -0.05) is 31.7 Å². The van der Waals surface area contributed by atoms with Crippen LogP contribution in [0.25, 0.3) is 0 Å². The fourth-order valence-corrected chi connectivity index (χ4v) is 0.885. The Balaban J connectivity index is 0. The summed E-state index contributed by atoms with van der Waals surface area (Å²) in [6, 6.07) is 0. The Hall–Kier alpha value is 0.424. The molecule has 98 valence electrons. The van der Waals surface area contributed by atoms with Crippen molar-refractivity contribution < 1.29 is 32.2 Å². The zero-order chi connectivity index (χ0) is 12.5. The Morgan fingerprint density at radius 2 is 1.44 bits per heavy atom. The van der Waals surface area contributed by atoms with Crippen LogP contribution in [-0.2, 0) is 32.2 Å². The van der Waals surface area contributed by atoms with E-state index in [1.165, 1.54) is 0 Å². The molecule has 0 spiro atoms. The molecular weight excluding hydrogens is 245 g/mol. The van der Waals surface area contributed by atoms with Gasteiger partial charge in [-0.3, -0.25) is 0 Å². The Morgan fingerprint density at radius 3 is 1.69 bits per heavy atom. The molecule has 0 rings (SSSR count). The first-order valence-corrected chi connectivity index (χ1v) is 7.04. The summed E-state index contributed by atoms with van der Waals surface area (Å²) in [5, 5.41) is 5.59. The van der Waals surface area contributed by atoms with Crippen LogP contribution >= 0.6 is 0 Å². The number of hydrogen-bond acceptors (Lipinski definition) is 4. The summed E-state index contributed by atoms with van der Waals surface area (Å²) in [4.78, 5) is 9.40. The van der Waals surface area contributed by atoms with Gasteiger partial charge in [0.25, 0.3) is 0 Å². The molecular formula is C11H26NO3V. The number of unbranched alkanes of at least 4 members (excludes halogenated alkanes) is 2. The first-order chi connectivity index (χ1) is 7.83. The summed E-state index contributed by atoms with van der Waals surface area (Å²) in [5.41, 5.74) is 5.13. The SMILES string of the molecule is CCCCOOOCCCC.NCC[CH2][V].